The Balaban J connectivity index is 1.84. The zero-order chi connectivity index (χ0) is 8.60. The highest BCUT2D eigenvalue weighted by molar-refractivity contribution is 4.99. The third-order valence-corrected chi connectivity index (χ3v) is 2.71. The van der Waals surface area contributed by atoms with Crippen molar-refractivity contribution < 1.29 is 9.47 Å². The fourth-order valence-corrected chi connectivity index (χ4v) is 1.86. The van der Waals surface area contributed by atoms with Crippen LogP contribution in [-0.4, -0.2) is 49.5 Å². The summed E-state index contributed by atoms with van der Waals surface area (Å²) in [4.78, 5) is 2.41. The molecular formula is C9H17NO2. The van der Waals surface area contributed by atoms with Crippen molar-refractivity contribution in [3.8, 4) is 0 Å². The molecule has 0 N–H and O–H groups in total. The van der Waals surface area contributed by atoms with Gasteiger partial charge in [-0.25, -0.2) is 0 Å². The lowest BCUT2D eigenvalue weighted by Gasteiger charge is -2.52. The molecule has 2 aliphatic rings. The molecule has 0 aromatic rings. The van der Waals surface area contributed by atoms with E-state index in [9.17, 15) is 0 Å². The van der Waals surface area contributed by atoms with Crippen molar-refractivity contribution in [1.82, 2.24) is 4.90 Å². The summed E-state index contributed by atoms with van der Waals surface area (Å²) in [6, 6.07) is 0.640. The van der Waals surface area contributed by atoms with E-state index in [1.165, 1.54) is 0 Å². The second-order valence-electron chi connectivity index (χ2n) is 4.08. The first kappa shape index (κ1) is 8.48. The number of nitrogens with zero attached hydrogens (tertiary/aromatic N) is 1. The predicted octanol–water partition coefficient (Wildman–Crippen LogP) is 0.496. The van der Waals surface area contributed by atoms with Crippen LogP contribution in [-0.2, 0) is 9.47 Å². The molecule has 0 saturated carbocycles. The molecule has 3 nitrogen and oxygen atoms in total. The maximum absolute atomic E-state index is 5.72. The molecule has 2 saturated heterocycles. The van der Waals surface area contributed by atoms with Crippen molar-refractivity contribution in [3.63, 3.8) is 0 Å². The molecule has 0 bridgehead atoms. The highest BCUT2D eigenvalue weighted by Crippen LogP contribution is 2.29. The molecule has 2 rings (SSSR count). The second-order valence-corrected chi connectivity index (χ2v) is 4.08. The van der Waals surface area contributed by atoms with Crippen LogP contribution >= 0.6 is 0 Å². The Morgan fingerprint density at radius 2 is 2.00 bits per heavy atom. The van der Waals surface area contributed by atoms with Crippen LogP contribution in [0.2, 0.25) is 0 Å². The number of hydrogen-bond donors (Lipinski definition) is 0. The molecule has 0 aromatic carbocycles. The first-order valence-corrected chi connectivity index (χ1v) is 4.68. The molecule has 70 valence electrons. The van der Waals surface area contributed by atoms with E-state index in [1.807, 2.05) is 0 Å². The first-order valence-electron chi connectivity index (χ1n) is 4.68. The Morgan fingerprint density at radius 3 is 2.50 bits per heavy atom. The third kappa shape index (κ3) is 1.37. The average Bonchev–Trinajstić information content (AvgIpc) is 2.01. The van der Waals surface area contributed by atoms with Crippen LogP contribution in [0.4, 0.5) is 0 Å². The number of rotatable bonds is 1. The maximum Gasteiger partial charge on any atom is 0.117 e. The SMILES string of the molecule is CC(C)N1CC2(COCCO2)C1. The van der Waals surface area contributed by atoms with E-state index < -0.39 is 0 Å². The fraction of sp³-hybridized carbons (Fsp3) is 1.00. The van der Waals surface area contributed by atoms with Gasteiger partial charge in [-0.1, -0.05) is 0 Å². The van der Waals surface area contributed by atoms with Crippen molar-refractivity contribution in [1.29, 1.82) is 0 Å². The van der Waals surface area contributed by atoms with Gasteiger partial charge in [-0.15, -0.1) is 0 Å². The van der Waals surface area contributed by atoms with Crippen molar-refractivity contribution >= 4 is 0 Å². The van der Waals surface area contributed by atoms with E-state index in [1.54, 1.807) is 0 Å². The van der Waals surface area contributed by atoms with Gasteiger partial charge in [-0.2, -0.15) is 0 Å². The lowest BCUT2D eigenvalue weighted by atomic mass is 9.92. The number of ether oxygens (including phenoxy) is 2. The van der Waals surface area contributed by atoms with Crippen LogP contribution in [0.15, 0.2) is 0 Å². The molecule has 2 fully saturated rings. The largest absolute Gasteiger partial charge is 0.376 e. The fourth-order valence-electron chi connectivity index (χ4n) is 1.86. The summed E-state index contributed by atoms with van der Waals surface area (Å²) in [5, 5.41) is 0. The van der Waals surface area contributed by atoms with Gasteiger partial charge < -0.3 is 9.47 Å². The third-order valence-electron chi connectivity index (χ3n) is 2.71. The number of likely N-dealkylation sites (tertiary alicyclic amines) is 1. The average molecular weight is 171 g/mol. The lowest BCUT2D eigenvalue weighted by molar-refractivity contribution is -0.222. The number of hydrogen-bond acceptors (Lipinski definition) is 3. The van der Waals surface area contributed by atoms with E-state index in [-0.39, 0.29) is 5.60 Å². The summed E-state index contributed by atoms with van der Waals surface area (Å²) >= 11 is 0. The van der Waals surface area contributed by atoms with E-state index in [4.69, 9.17) is 9.47 Å². The molecule has 0 unspecified atom stereocenters. The molecule has 1 spiro atoms. The molecule has 2 heterocycles. The topological polar surface area (TPSA) is 21.7 Å². The second kappa shape index (κ2) is 2.98. The van der Waals surface area contributed by atoms with E-state index >= 15 is 0 Å². The minimum absolute atomic E-state index is 0.0581. The van der Waals surface area contributed by atoms with Gasteiger partial charge in [-0.05, 0) is 13.8 Å². The van der Waals surface area contributed by atoms with Crippen LogP contribution in [0.5, 0.6) is 0 Å². The van der Waals surface area contributed by atoms with E-state index in [0.717, 1.165) is 32.9 Å². The van der Waals surface area contributed by atoms with Gasteiger partial charge in [0.05, 0.1) is 19.8 Å². The highest BCUT2D eigenvalue weighted by Gasteiger charge is 2.46. The van der Waals surface area contributed by atoms with Crippen LogP contribution in [0, 0.1) is 0 Å². The molecular weight excluding hydrogens is 154 g/mol. The maximum atomic E-state index is 5.72. The summed E-state index contributed by atoms with van der Waals surface area (Å²) in [6.07, 6.45) is 0. The smallest absolute Gasteiger partial charge is 0.117 e. The van der Waals surface area contributed by atoms with Gasteiger partial charge in [0.1, 0.15) is 5.60 Å². The zero-order valence-electron chi connectivity index (χ0n) is 7.88. The Labute approximate surface area is 73.6 Å². The van der Waals surface area contributed by atoms with Crippen molar-refractivity contribution in [2.24, 2.45) is 0 Å². The Hall–Kier alpha value is -0.120. The molecule has 0 amide bonds. The van der Waals surface area contributed by atoms with Crippen LogP contribution < -0.4 is 0 Å². The van der Waals surface area contributed by atoms with Gasteiger partial charge in [0.25, 0.3) is 0 Å². The molecule has 0 aliphatic carbocycles. The van der Waals surface area contributed by atoms with Crippen molar-refractivity contribution in [3.05, 3.63) is 0 Å². The van der Waals surface area contributed by atoms with Gasteiger partial charge in [0.2, 0.25) is 0 Å². The van der Waals surface area contributed by atoms with Gasteiger partial charge in [0, 0.05) is 19.1 Å². The standard InChI is InChI=1S/C9H17NO2/c1-8(2)10-5-9(6-10)7-11-3-4-12-9/h8H,3-7H2,1-2H3. The minimum atomic E-state index is 0.0581. The monoisotopic (exact) mass is 171 g/mol. The van der Waals surface area contributed by atoms with Crippen LogP contribution in [0.1, 0.15) is 13.8 Å². The lowest BCUT2D eigenvalue weighted by Crippen LogP contribution is -2.68. The summed E-state index contributed by atoms with van der Waals surface area (Å²) < 4.78 is 11.1. The highest BCUT2D eigenvalue weighted by atomic mass is 16.6. The summed E-state index contributed by atoms with van der Waals surface area (Å²) in [5.74, 6) is 0. The van der Waals surface area contributed by atoms with Crippen LogP contribution in [0.25, 0.3) is 0 Å². The van der Waals surface area contributed by atoms with Gasteiger partial charge in [0.15, 0.2) is 0 Å². The Morgan fingerprint density at radius 1 is 1.25 bits per heavy atom. The van der Waals surface area contributed by atoms with Crippen molar-refractivity contribution in [2.75, 3.05) is 32.9 Å². The predicted molar refractivity (Wildman–Crippen MR) is 46.2 cm³/mol. The summed E-state index contributed by atoms with van der Waals surface area (Å²) in [6.45, 7) is 8.86. The van der Waals surface area contributed by atoms with Gasteiger partial charge >= 0.3 is 0 Å². The molecule has 0 aromatic heterocycles. The minimum Gasteiger partial charge on any atom is -0.376 e. The zero-order valence-corrected chi connectivity index (χ0v) is 7.88. The molecule has 0 atom stereocenters. The molecule has 2 aliphatic heterocycles. The normalized spacial score (nSPS) is 29.2. The summed E-state index contributed by atoms with van der Waals surface area (Å²) in [7, 11) is 0. The van der Waals surface area contributed by atoms with Crippen molar-refractivity contribution in [2.45, 2.75) is 25.5 Å². The summed E-state index contributed by atoms with van der Waals surface area (Å²) in [5.41, 5.74) is 0.0581. The molecule has 3 heteroatoms. The van der Waals surface area contributed by atoms with Crippen LogP contribution in [0.3, 0.4) is 0 Å². The van der Waals surface area contributed by atoms with E-state index in [0.29, 0.717) is 6.04 Å². The Kier molecular flexibility index (Phi) is 2.10. The first-order chi connectivity index (χ1) is 5.72. The van der Waals surface area contributed by atoms with Gasteiger partial charge in [-0.3, -0.25) is 4.90 Å². The molecule has 0 radical (unpaired) electrons. The Bertz CT molecular complexity index is 156. The van der Waals surface area contributed by atoms with E-state index in [2.05, 4.69) is 18.7 Å². The molecule has 12 heavy (non-hydrogen) atoms. The quantitative estimate of drug-likeness (QED) is 0.573.